The quantitative estimate of drug-likeness (QED) is 0.845. The van der Waals surface area contributed by atoms with E-state index in [0.717, 1.165) is 0 Å². The largest absolute Gasteiger partial charge is 0.481 e. The summed E-state index contributed by atoms with van der Waals surface area (Å²) in [4.78, 5) is 20.0. The van der Waals surface area contributed by atoms with Crippen molar-refractivity contribution in [1.82, 2.24) is 20.2 Å². The van der Waals surface area contributed by atoms with E-state index >= 15 is 0 Å². The number of hydrogen-bond donors (Lipinski definition) is 2. The minimum absolute atomic E-state index is 0.0989. The summed E-state index contributed by atoms with van der Waals surface area (Å²) in [6.45, 7) is 1.74. The highest BCUT2D eigenvalue weighted by Gasteiger charge is 2.14. The zero-order chi connectivity index (χ0) is 13.8. The van der Waals surface area contributed by atoms with Crippen LogP contribution in [0.3, 0.4) is 0 Å². The first-order valence-electron chi connectivity index (χ1n) is 5.42. The molecule has 1 amide bonds. The van der Waals surface area contributed by atoms with E-state index in [0.29, 0.717) is 23.0 Å². The number of carbonyl (C=O) groups excluding carboxylic acids is 1. The molecule has 2 aromatic heterocycles. The van der Waals surface area contributed by atoms with Crippen LogP contribution >= 0.6 is 0 Å². The zero-order valence-corrected chi connectivity index (χ0v) is 10.7. The predicted octanol–water partition coefficient (Wildman–Crippen LogP) is 0.778. The van der Waals surface area contributed by atoms with Crippen molar-refractivity contribution in [3.63, 3.8) is 0 Å². The molecule has 0 radical (unpaired) electrons. The van der Waals surface area contributed by atoms with E-state index < -0.39 is 0 Å². The maximum atomic E-state index is 12.0. The fraction of sp³-hybridized carbons (Fsp3) is 0.273. The Hall–Kier alpha value is -2.64. The van der Waals surface area contributed by atoms with Crippen LogP contribution in [0, 0.1) is 6.92 Å². The molecule has 2 N–H and O–H groups in total. The summed E-state index contributed by atoms with van der Waals surface area (Å²) in [7, 11) is 2.93. The Morgan fingerprint density at radius 1 is 1.26 bits per heavy atom. The molecule has 0 aliphatic heterocycles. The summed E-state index contributed by atoms with van der Waals surface area (Å²) in [5.41, 5.74) is 1.08. The lowest BCUT2D eigenvalue weighted by Crippen LogP contribution is -2.15. The Kier molecular flexibility index (Phi) is 3.60. The number of aromatic nitrogens is 4. The molecule has 0 saturated carbocycles. The molecule has 0 saturated heterocycles. The Balaban J connectivity index is 2.23. The number of carbonyl (C=O) groups is 1. The smallest absolute Gasteiger partial charge is 0.261 e. The first-order chi connectivity index (χ1) is 9.13. The number of amides is 1. The van der Waals surface area contributed by atoms with Crippen LogP contribution in [0.15, 0.2) is 12.3 Å². The van der Waals surface area contributed by atoms with Crippen LogP contribution in [0.4, 0.5) is 5.95 Å². The van der Waals surface area contributed by atoms with Gasteiger partial charge in [0.15, 0.2) is 0 Å². The first kappa shape index (κ1) is 12.8. The molecule has 0 aliphatic rings. The standard InChI is InChI=1S/C11H13N5O3/c1-6-7(5-12-16-6)10(17)15-11-13-8(18-2)4-9(14-11)19-3/h4-5H,1-3H3,(H,12,16)(H,13,14,15,17). The minimum atomic E-state index is -0.360. The number of aryl methyl sites for hydroxylation is 1. The minimum Gasteiger partial charge on any atom is -0.481 e. The van der Waals surface area contributed by atoms with Gasteiger partial charge in [-0.3, -0.25) is 15.2 Å². The van der Waals surface area contributed by atoms with Crippen molar-refractivity contribution in [3.05, 3.63) is 23.5 Å². The molecule has 0 unspecified atom stereocenters. The van der Waals surface area contributed by atoms with E-state index in [9.17, 15) is 4.79 Å². The summed E-state index contributed by atoms with van der Waals surface area (Å²) in [6, 6.07) is 1.51. The van der Waals surface area contributed by atoms with E-state index in [2.05, 4.69) is 25.5 Å². The normalized spacial score (nSPS) is 10.1. The van der Waals surface area contributed by atoms with Gasteiger partial charge < -0.3 is 9.47 Å². The maximum Gasteiger partial charge on any atom is 0.261 e. The number of hydrogen-bond acceptors (Lipinski definition) is 6. The molecule has 0 aliphatic carbocycles. The summed E-state index contributed by atoms with van der Waals surface area (Å²) in [5, 5.41) is 9.01. The molecule has 0 bridgehead atoms. The van der Waals surface area contributed by atoms with E-state index in [-0.39, 0.29) is 11.9 Å². The fourth-order valence-corrected chi connectivity index (χ4v) is 1.42. The number of anilines is 1. The average molecular weight is 263 g/mol. The molecule has 8 heteroatoms. The average Bonchev–Trinajstić information content (AvgIpc) is 2.84. The molecule has 2 heterocycles. The molecule has 2 rings (SSSR count). The molecule has 2 aromatic rings. The van der Waals surface area contributed by atoms with Crippen molar-refractivity contribution in [2.45, 2.75) is 6.92 Å². The van der Waals surface area contributed by atoms with Crippen molar-refractivity contribution in [1.29, 1.82) is 0 Å². The summed E-state index contributed by atoms with van der Waals surface area (Å²) < 4.78 is 9.98. The highest BCUT2D eigenvalue weighted by molar-refractivity contribution is 6.03. The lowest BCUT2D eigenvalue weighted by atomic mass is 10.2. The van der Waals surface area contributed by atoms with Gasteiger partial charge in [-0.05, 0) is 6.92 Å². The monoisotopic (exact) mass is 263 g/mol. The number of methoxy groups -OCH3 is 2. The van der Waals surface area contributed by atoms with E-state index in [4.69, 9.17) is 9.47 Å². The van der Waals surface area contributed by atoms with Gasteiger partial charge in [0.1, 0.15) is 0 Å². The Labute approximate surface area is 109 Å². The lowest BCUT2D eigenvalue weighted by molar-refractivity contribution is 0.102. The molecular weight excluding hydrogens is 250 g/mol. The van der Waals surface area contributed by atoms with E-state index in [1.165, 1.54) is 26.5 Å². The Bertz CT molecular complexity index is 574. The molecule has 100 valence electrons. The lowest BCUT2D eigenvalue weighted by Gasteiger charge is -2.07. The third-order valence-corrected chi connectivity index (χ3v) is 2.40. The van der Waals surface area contributed by atoms with Crippen molar-refractivity contribution >= 4 is 11.9 Å². The number of nitrogens with zero attached hydrogens (tertiary/aromatic N) is 3. The number of H-pyrrole nitrogens is 1. The number of nitrogens with one attached hydrogen (secondary N) is 2. The van der Waals surface area contributed by atoms with Crippen LogP contribution in [0.2, 0.25) is 0 Å². The van der Waals surface area contributed by atoms with Crippen molar-refractivity contribution in [2.75, 3.05) is 19.5 Å². The van der Waals surface area contributed by atoms with Crippen LogP contribution in [-0.4, -0.2) is 40.3 Å². The molecule has 0 fully saturated rings. The molecule has 19 heavy (non-hydrogen) atoms. The predicted molar refractivity (Wildman–Crippen MR) is 66.4 cm³/mol. The van der Waals surface area contributed by atoms with E-state index in [1.807, 2.05) is 0 Å². The third kappa shape index (κ3) is 2.79. The zero-order valence-electron chi connectivity index (χ0n) is 10.7. The Morgan fingerprint density at radius 3 is 2.37 bits per heavy atom. The number of aromatic amines is 1. The third-order valence-electron chi connectivity index (χ3n) is 2.40. The highest BCUT2D eigenvalue weighted by Crippen LogP contribution is 2.17. The number of rotatable bonds is 4. The van der Waals surface area contributed by atoms with E-state index in [1.54, 1.807) is 6.92 Å². The van der Waals surface area contributed by atoms with Gasteiger partial charge in [-0.25, -0.2) is 0 Å². The van der Waals surface area contributed by atoms with Crippen LogP contribution in [0.1, 0.15) is 16.1 Å². The van der Waals surface area contributed by atoms with Gasteiger partial charge in [-0.2, -0.15) is 15.1 Å². The molecule has 0 spiro atoms. The van der Waals surface area contributed by atoms with Crippen molar-refractivity contribution < 1.29 is 14.3 Å². The summed E-state index contributed by atoms with van der Waals surface area (Å²) in [5.74, 6) is 0.334. The molecular formula is C11H13N5O3. The van der Waals surface area contributed by atoms with Crippen molar-refractivity contribution in [2.24, 2.45) is 0 Å². The molecule has 0 atom stereocenters. The van der Waals surface area contributed by atoms with Crippen LogP contribution in [0.5, 0.6) is 11.8 Å². The van der Waals surface area contributed by atoms with Crippen LogP contribution in [0.25, 0.3) is 0 Å². The highest BCUT2D eigenvalue weighted by atomic mass is 16.5. The maximum absolute atomic E-state index is 12.0. The fourth-order valence-electron chi connectivity index (χ4n) is 1.42. The van der Waals surface area contributed by atoms with Gasteiger partial charge in [0.05, 0.1) is 32.0 Å². The summed E-state index contributed by atoms with van der Waals surface area (Å²) in [6.07, 6.45) is 1.43. The topological polar surface area (TPSA) is 102 Å². The van der Waals surface area contributed by atoms with Crippen LogP contribution in [-0.2, 0) is 0 Å². The Morgan fingerprint density at radius 2 is 1.89 bits per heavy atom. The van der Waals surface area contributed by atoms with Crippen molar-refractivity contribution in [3.8, 4) is 11.8 Å². The molecule has 0 aromatic carbocycles. The van der Waals surface area contributed by atoms with Gasteiger partial charge in [0, 0.05) is 5.69 Å². The van der Waals surface area contributed by atoms with Gasteiger partial charge in [0.2, 0.25) is 17.7 Å². The second-order valence-electron chi connectivity index (χ2n) is 3.64. The van der Waals surface area contributed by atoms with Gasteiger partial charge in [0.25, 0.3) is 5.91 Å². The first-order valence-corrected chi connectivity index (χ1v) is 5.42. The SMILES string of the molecule is COc1cc(OC)nc(NC(=O)c2cn[nH]c2C)n1. The second-order valence-corrected chi connectivity index (χ2v) is 3.64. The van der Waals surface area contributed by atoms with Crippen LogP contribution < -0.4 is 14.8 Å². The second kappa shape index (κ2) is 5.34. The number of ether oxygens (including phenoxy) is 2. The van der Waals surface area contributed by atoms with Gasteiger partial charge in [-0.1, -0.05) is 0 Å². The molecule has 8 nitrogen and oxygen atoms in total. The van der Waals surface area contributed by atoms with Gasteiger partial charge in [-0.15, -0.1) is 0 Å². The summed E-state index contributed by atoms with van der Waals surface area (Å²) >= 11 is 0. The van der Waals surface area contributed by atoms with Gasteiger partial charge >= 0.3 is 0 Å².